The minimum Gasteiger partial charge on any atom is -0.352 e. The Morgan fingerprint density at radius 1 is 0.927 bits per heavy atom. The molecule has 1 atom stereocenters. The molecule has 41 heavy (non-hydrogen) atoms. The van der Waals surface area contributed by atoms with Crippen molar-refractivity contribution in [3.05, 3.63) is 99.0 Å². The number of halogens is 3. The van der Waals surface area contributed by atoms with Gasteiger partial charge in [0.1, 0.15) is 12.6 Å². The molecule has 3 aromatic carbocycles. The van der Waals surface area contributed by atoms with Crippen molar-refractivity contribution >= 4 is 62.3 Å². The van der Waals surface area contributed by atoms with Crippen LogP contribution in [0.15, 0.2) is 72.8 Å². The molecule has 0 spiro atoms. The van der Waals surface area contributed by atoms with Crippen LogP contribution in [0.3, 0.4) is 0 Å². The van der Waals surface area contributed by atoms with Gasteiger partial charge in [-0.3, -0.25) is 13.9 Å². The van der Waals surface area contributed by atoms with E-state index in [9.17, 15) is 18.0 Å². The van der Waals surface area contributed by atoms with Crippen LogP contribution in [0.4, 0.5) is 5.69 Å². The fourth-order valence-electron chi connectivity index (χ4n) is 4.98. The van der Waals surface area contributed by atoms with Crippen LogP contribution in [0, 0.1) is 0 Å². The Bertz CT molecular complexity index is 1460. The Morgan fingerprint density at radius 2 is 1.56 bits per heavy atom. The zero-order chi connectivity index (χ0) is 29.6. The van der Waals surface area contributed by atoms with Crippen molar-refractivity contribution in [2.75, 3.05) is 17.1 Å². The molecule has 1 aliphatic carbocycles. The quantitative estimate of drug-likeness (QED) is 0.275. The van der Waals surface area contributed by atoms with E-state index < -0.39 is 28.5 Å². The van der Waals surface area contributed by atoms with Gasteiger partial charge in [-0.15, -0.1) is 0 Å². The molecule has 0 saturated heterocycles. The first-order chi connectivity index (χ1) is 19.5. The molecular weight excluding hydrogens is 605 g/mol. The minimum absolute atomic E-state index is 0.0252. The lowest BCUT2D eigenvalue weighted by Crippen LogP contribution is -2.54. The van der Waals surface area contributed by atoms with E-state index in [0.29, 0.717) is 20.6 Å². The second kappa shape index (κ2) is 13.9. The van der Waals surface area contributed by atoms with Gasteiger partial charge in [-0.2, -0.15) is 0 Å². The third-order valence-corrected chi connectivity index (χ3v) is 9.10. The summed E-state index contributed by atoms with van der Waals surface area (Å²) in [5, 5.41) is 4.33. The van der Waals surface area contributed by atoms with Gasteiger partial charge in [0.25, 0.3) is 0 Å². The van der Waals surface area contributed by atoms with Gasteiger partial charge in [0, 0.05) is 34.1 Å². The van der Waals surface area contributed by atoms with Crippen LogP contribution in [0.5, 0.6) is 0 Å². The monoisotopic (exact) mass is 635 g/mol. The highest BCUT2D eigenvalue weighted by Gasteiger charge is 2.34. The molecule has 0 aromatic heterocycles. The van der Waals surface area contributed by atoms with Crippen LogP contribution in [-0.2, 0) is 32.6 Å². The summed E-state index contributed by atoms with van der Waals surface area (Å²) in [5.41, 5.74) is 1.72. The van der Waals surface area contributed by atoms with Crippen molar-refractivity contribution in [3.8, 4) is 0 Å². The van der Waals surface area contributed by atoms with Crippen LogP contribution in [0.1, 0.15) is 36.8 Å². The summed E-state index contributed by atoms with van der Waals surface area (Å²) in [6, 6.07) is 19.6. The van der Waals surface area contributed by atoms with Gasteiger partial charge in [0.15, 0.2) is 0 Å². The number of nitrogens with one attached hydrogen (secondary N) is 1. The highest BCUT2D eigenvalue weighted by atomic mass is 35.5. The second-order valence-electron chi connectivity index (χ2n) is 10.2. The fraction of sp³-hybridized carbons (Fsp3) is 0.333. The van der Waals surface area contributed by atoms with Crippen molar-refractivity contribution in [3.63, 3.8) is 0 Å². The molecule has 0 radical (unpaired) electrons. The van der Waals surface area contributed by atoms with E-state index in [1.54, 1.807) is 30.3 Å². The Balaban J connectivity index is 1.74. The summed E-state index contributed by atoms with van der Waals surface area (Å²) < 4.78 is 26.7. The van der Waals surface area contributed by atoms with Crippen LogP contribution in [0.25, 0.3) is 0 Å². The van der Waals surface area contributed by atoms with Gasteiger partial charge in [0.05, 0.1) is 11.9 Å². The minimum atomic E-state index is -3.87. The van der Waals surface area contributed by atoms with Crippen LogP contribution < -0.4 is 9.62 Å². The SMILES string of the molecule is CS(=O)(=O)N(CC(=O)N(Cc1ccc(Cl)cc1Cl)C(Cc1ccccc1)C(=O)NC1CCCC1)c1ccc(Cl)cc1. The molecule has 0 aliphatic heterocycles. The summed E-state index contributed by atoms with van der Waals surface area (Å²) in [6.45, 7) is -0.545. The molecule has 1 N–H and O–H groups in total. The average Bonchev–Trinajstić information content (AvgIpc) is 3.44. The zero-order valence-corrected chi connectivity index (χ0v) is 25.7. The maximum atomic E-state index is 14.1. The van der Waals surface area contributed by atoms with Crippen molar-refractivity contribution in [2.45, 2.75) is 50.7 Å². The summed E-state index contributed by atoms with van der Waals surface area (Å²) in [7, 11) is -3.87. The molecule has 1 fully saturated rings. The van der Waals surface area contributed by atoms with E-state index in [1.807, 2.05) is 30.3 Å². The van der Waals surface area contributed by atoms with Gasteiger partial charge >= 0.3 is 0 Å². The van der Waals surface area contributed by atoms with Crippen molar-refractivity contribution in [2.24, 2.45) is 0 Å². The molecule has 0 heterocycles. The lowest BCUT2D eigenvalue weighted by Gasteiger charge is -2.34. The molecule has 4 rings (SSSR count). The Labute approximate surface area is 256 Å². The molecule has 218 valence electrons. The summed E-state index contributed by atoms with van der Waals surface area (Å²) in [6.07, 6.45) is 5.07. The topological polar surface area (TPSA) is 86.8 Å². The summed E-state index contributed by atoms with van der Waals surface area (Å²) in [4.78, 5) is 29.4. The van der Waals surface area contributed by atoms with E-state index in [0.717, 1.165) is 41.8 Å². The number of hydrogen-bond acceptors (Lipinski definition) is 4. The lowest BCUT2D eigenvalue weighted by atomic mass is 10.0. The first kappa shape index (κ1) is 31.2. The van der Waals surface area contributed by atoms with Crippen molar-refractivity contribution < 1.29 is 18.0 Å². The fourth-order valence-corrected chi connectivity index (χ4v) is 6.42. The van der Waals surface area contributed by atoms with Crippen molar-refractivity contribution in [1.82, 2.24) is 10.2 Å². The van der Waals surface area contributed by atoms with E-state index in [1.165, 1.54) is 17.0 Å². The van der Waals surface area contributed by atoms with Gasteiger partial charge in [0.2, 0.25) is 21.8 Å². The molecule has 7 nitrogen and oxygen atoms in total. The third kappa shape index (κ3) is 8.61. The molecule has 0 bridgehead atoms. The average molecular weight is 637 g/mol. The first-order valence-electron chi connectivity index (χ1n) is 13.3. The van der Waals surface area contributed by atoms with E-state index in [2.05, 4.69) is 5.32 Å². The number of hydrogen-bond donors (Lipinski definition) is 1. The predicted molar refractivity (Wildman–Crippen MR) is 165 cm³/mol. The normalized spacial score (nSPS) is 14.4. The molecule has 2 amide bonds. The van der Waals surface area contributed by atoms with E-state index in [-0.39, 0.29) is 30.6 Å². The van der Waals surface area contributed by atoms with Crippen LogP contribution in [-0.4, -0.2) is 50.0 Å². The number of nitrogens with zero attached hydrogens (tertiary/aromatic N) is 2. The molecule has 1 saturated carbocycles. The Hall–Kier alpha value is -2.78. The highest BCUT2D eigenvalue weighted by Crippen LogP contribution is 2.26. The number of anilines is 1. The van der Waals surface area contributed by atoms with Gasteiger partial charge < -0.3 is 10.2 Å². The standard InChI is InChI=1S/C30H32Cl3N3O4S/c1-41(39,40)36(26-15-13-23(31)14-16-26)20-29(37)35(19-22-11-12-24(32)18-27(22)33)28(17-21-7-3-2-4-8-21)30(38)34-25-9-5-6-10-25/h2-4,7-8,11-16,18,25,28H,5-6,9-10,17,19-20H2,1H3,(H,34,38). The zero-order valence-electron chi connectivity index (χ0n) is 22.6. The summed E-state index contributed by atoms with van der Waals surface area (Å²) >= 11 is 18.6. The second-order valence-corrected chi connectivity index (χ2v) is 13.4. The van der Waals surface area contributed by atoms with Gasteiger partial charge in [-0.05, 0) is 60.4 Å². The maximum Gasteiger partial charge on any atom is 0.244 e. The molecule has 11 heteroatoms. The highest BCUT2D eigenvalue weighted by molar-refractivity contribution is 7.92. The number of carbonyl (C=O) groups excluding carboxylic acids is 2. The van der Waals surface area contributed by atoms with Crippen molar-refractivity contribution in [1.29, 1.82) is 0 Å². The number of carbonyl (C=O) groups is 2. The van der Waals surface area contributed by atoms with Crippen LogP contribution >= 0.6 is 34.8 Å². The first-order valence-corrected chi connectivity index (χ1v) is 16.3. The van der Waals surface area contributed by atoms with E-state index in [4.69, 9.17) is 34.8 Å². The molecular formula is C30H32Cl3N3O4S. The number of sulfonamides is 1. The predicted octanol–water partition coefficient (Wildman–Crippen LogP) is 6.11. The number of amides is 2. The van der Waals surface area contributed by atoms with Crippen LogP contribution in [0.2, 0.25) is 15.1 Å². The molecule has 1 unspecified atom stereocenters. The summed E-state index contributed by atoms with van der Waals surface area (Å²) in [5.74, 6) is -0.851. The van der Waals surface area contributed by atoms with E-state index >= 15 is 0 Å². The van der Waals surface area contributed by atoms with Gasteiger partial charge in [-0.1, -0.05) is 84.0 Å². The maximum absolute atomic E-state index is 14.1. The van der Waals surface area contributed by atoms with Gasteiger partial charge in [-0.25, -0.2) is 8.42 Å². The number of rotatable bonds is 11. The number of benzene rings is 3. The Morgan fingerprint density at radius 3 is 2.17 bits per heavy atom. The molecule has 1 aliphatic rings. The Kier molecular flexibility index (Phi) is 10.6. The molecule has 3 aromatic rings. The largest absolute Gasteiger partial charge is 0.352 e. The third-order valence-electron chi connectivity index (χ3n) is 7.12. The lowest BCUT2D eigenvalue weighted by molar-refractivity contribution is -0.140. The smallest absolute Gasteiger partial charge is 0.244 e.